The number of hydrogen-bond acceptors (Lipinski definition) is 4. The number of hydrogen-bond donors (Lipinski definition) is 0. The zero-order chi connectivity index (χ0) is 65.2. The predicted molar refractivity (Wildman–Crippen MR) is 358 cm³/mol. The van der Waals surface area contributed by atoms with Crippen LogP contribution in [0, 0.1) is 70.8 Å². The summed E-state index contributed by atoms with van der Waals surface area (Å²) in [6.45, 7) is 10.8. The first kappa shape index (κ1) is 79.9. The Bertz CT molecular complexity index is 3090. The summed E-state index contributed by atoms with van der Waals surface area (Å²) in [5.74, 6) is -5.52. The average molecular weight is 1400 g/mol. The zero-order valence-corrected chi connectivity index (χ0v) is 57.6. The zero-order valence-electron chi connectivity index (χ0n) is 51.4. The third-order valence-electron chi connectivity index (χ3n) is 13.1. The number of benzene rings is 8. The normalized spacial score (nSPS) is 10.1. The van der Waals surface area contributed by atoms with Gasteiger partial charge in [-0.2, -0.15) is 36.4 Å². The smallest absolute Gasteiger partial charge is 0.392 e. The van der Waals surface area contributed by atoms with E-state index in [2.05, 4.69) is 52.0 Å². The molecule has 0 N–H and O–H groups in total. The molecule has 4 nitrogen and oxygen atoms in total. The molecular weight excluding hydrogens is 1330 g/mol. The molecule has 0 amide bonds. The van der Waals surface area contributed by atoms with Crippen LogP contribution in [0.25, 0.3) is 0 Å². The van der Waals surface area contributed by atoms with E-state index in [4.69, 9.17) is 46.4 Å². The van der Waals surface area contributed by atoms with E-state index in [-0.39, 0.29) is 43.4 Å². The van der Waals surface area contributed by atoms with Crippen LogP contribution in [0.15, 0.2) is 206 Å². The summed E-state index contributed by atoms with van der Waals surface area (Å²) in [6.07, 6.45) is 7.54. The molecule has 0 unspecified atom stereocenters. The van der Waals surface area contributed by atoms with E-state index in [0.717, 1.165) is 74.1 Å². The first-order valence-electron chi connectivity index (χ1n) is 29.4. The quantitative estimate of drug-likeness (QED) is 0.0428. The molecule has 2 radical (unpaired) electrons. The molecule has 10 aromatic carbocycles. The molecule has 18 heteroatoms. The number of rotatable bonds is 20. The second-order valence-corrected chi connectivity index (χ2v) is 21.6. The Hall–Kier alpha value is -6.31. The second-order valence-electron chi connectivity index (χ2n) is 19.9. The Morgan fingerprint density at radius 1 is 0.293 bits per heavy atom. The number of unbranched alkanes of at least 4 members (excludes halogenated alkanes) is 4. The van der Waals surface area contributed by atoms with Gasteiger partial charge in [-0.1, -0.05) is 99.8 Å². The Morgan fingerprint density at radius 2 is 0.478 bits per heavy atom. The average Bonchev–Trinajstić information content (AvgIpc) is 1.13. The molecule has 92 heavy (non-hydrogen) atoms. The Labute approximate surface area is 587 Å². The summed E-state index contributed by atoms with van der Waals surface area (Å²) in [6, 6.07) is 67.5. The molecule has 0 aliphatic carbocycles. The maximum atomic E-state index is 13.9. The fourth-order valence-electron chi connectivity index (χ4n) is 8.52. The summed E-state index contributed by atoms with van der Waals surface area (Å²) in [5, 5.41) is 2.48. The van der Waals surface area contributed by atoms with Gasteiger partial charge >= 0.3 is 43.4 Å². The SMILES string of the molecule is CCCCN(c1ccc(Cl)cc1)c1ccc(F)[c-]c1F.CCCCN(c1ccc(Cl)cc1)c1ccc(F)[c-]c1F.CCCCN(c1ccc(Cl)cc1)c1ccc(F)[c-]c1F.CCCCN(c1ccc(Cl)cc1)c1ccc(F)[c-]c1F.[Ti+3].[Ti+3].c1cc[cH-]c1.c1cc[cH-]c1. The van der Waals surface area contributed by atoms with Crippen LogP contribution < -0.4 is 19.6 Å². The maximum absolute atomic E-state index is 13.9. The van der Waals surface area contributed by atoms with Crippen LogP contribution in [-0.2, 0) is 43.4 Å². The molecule has 0 aromatic heterocycles. The molecule has 0 aliphatic rings. The summed E-state index contributed by atoms with van der Waals surface area (Å²) in [4.78, 5) is 7.24. The largest absolute Gasteiger partial charge is 3.00 e. The van der Waals surface area contributed by atoms with Crippen LogP contribution in [0.5, 0.6) is 0 Å². The minimum atomic E-state index is -0.696. The van der Waals surface area contributed by atoms with Crippen molar-refractivity contribution in [3.8, 4) is 0 Å². The number of nitrogens with zero attached hydrogens (tertiary/aromatic N) is 4. The minimum absolute atomic E-state index is 0. The van der Waals surface area contributed by atoms with E-state index in [1.165, 1.54) is 48.5 Å². The van der Waals surface area contributed by atoms with Crippen molar-refractivity contribution < 1.29 is 78.6 Å². The van der Waals surface area contributed by atoms with E-state index >= 15 is 0 Å². The molecule has 10 aromatic rings. The second kappa shape index (κ2) is 44.3. The van der Waals surface area contributed by atoms with Crippen molar-refractivity contribution >= 4 is 91.9 Å². The molecule has 478 valence electrons. The van der Waals surface area contributed by atoms with Gasteiger partial charge in [0.2, 0.25) is 0 Å². The van der Waals surface area contributed by atoms with Crippen molar-refractivity contribution in [3.05, 3.63) is 297 Å². The van der Waals surface area contributed by atoms with Gasteiger partial charge in [-0.15, -0.1) is 72.8 Å². The summed E-state index contributed by atoms with van der Waals surface area (Å²) < 4.78 is 108. The first-order valence-corrected chi connectivity index (χ1v) is 30.9. The molecule has 0 atom stereocenters. The van der Waals surface area contributed by atoms with Crippen LogP contribution in [0.4, 0.5) is 80.6 Å². The maximum Gasteiger partial charge on any atom is 3.00 e. The Kier molecular flexibility index (Phi) is 38.5. The third-order valence-corrected chi connectivity index (χ3v) is 14.1. The van der Waals surface area contributed by atoms with E-state index in [1.54, 1.807) is 48.5 Å². The van der Waals surface area contributed by atoms with Crippen molar-refractivity contribution in [2.24, 2.45) is 0 Å². The summed E-state index contributed by atoms with van der Waals surface area (Å²) >= 11 is 23.5. The van der Waals surface area contributed by atoms with E-state index in [9.17, 15) is 35.1 Å². The number of halogens is 12. The molecule has 0 aliphatic heterocycles. The molecule has 0 saturated heterocycles. The van der Waals surface area contributed by atoms with Gasteiger partial charge in [0.1, 0.15) is 0 Å². The topological polar surface area (TPSA) is 13.0 Å². The van der Waals surface area contributed by atoms with Gasteiger partial charge in [-0.3, -0.25) is 0 Å². The van der Waals surface area contributed by atoms with Gasteiger partial charge in [-0.25, -0.2) is 59.4 Å². The van der Waals surface area contributed by atoms with E-state index in [1.807, 2.05) is 129 Å². The van der Waals surface area contributed by atoms with Crippen molar-refractivity contribution in [2.75, 3.05) is 45.8 Å². The van der Waals surface area contributed by atoms with Gasteiger partial charge in [0.15, 0.2) is 0 Å². The van der Waals surface area contributed by atoms with Crippen molar-refractivity contribution in [3.63, 3.8) is 0 Å². The predicted octanol–water partition coefficient (Wildman–Crippen LogP) is 24.2. The van der Waals surface area contributed by atoms with Crippen molar-refractivity contribution in [2.45, 2.75) is 79.1 Å². The molecule has 0 heterocycles. The Balaban J connectivity index is 0.000000301. The van der Waals surface area contributed by atoms with Crippen LogP contribution in [0.3, 0.4) is 0 Å². The van der Waals surface area contributed by atoms with Gasteiger partial charge in [-0.05, 0) is 145 Å². The number of anilines is 8. The molecule has 0 bridgehead atoms. The van der Waals surface area contributed by atoms with E-state index < -0.39 is 46.5 Å². The fraction of sp³-hybridized carbons (Fsp3) is 0.216. The Morgan fingerprint density at radius 3 is 0.620 bits per heavy atom. The van der Waals surface area contributed by atoms with E-state index in [0.29, 0.717) is 69.0 Å². The van der Waals surface area contributed by atoms with Gasteiger partial charge < -0.3 is 19.6 Å². The van der Waals surface area contributed by atoms with Crippen LogP contribution >= 0.6 is 46.4 Å². The van der Waals surface area contributed by atoms with Gasteiger partial charge in [0.05, 0.1) is 0 Å². The van der Waals surface area contributed by atoms with Crippen molar-refractivity contribution in [1.82, 2.24) is 0 Å². The van der Waals surface area contributed by atoms with Crippen LogP contribution in [-0.4, -0.2) is 26.2 Å². The van der Waals surface area contributed by atoms with Gasteiger partial charge in [0, 0.05) is 116 Å². The van der Waals surface area contributed by atoms with Crippen molar-refractivity contribution in [1.29, 1.82) is 0 Å². The monoisotopic (exact) mass is 1400 g/mol. The molecule has 0 saturated carbocycles. The molecule has 0 fully saturated rings. The fourth-order valence-corrected chi connectivity index (χ4v) is 9.03. The summed E-state index contributed by atoms with van der Waals surface area (Å²) in [5.41, 5.74) is 4.57. The molecule has 0 spiro atoms. The molecular formula is C74H70Cl4F8N4Ti2. The minimum Gasteiger partial charge on any atom is -0.392 e. The van der Waals surface area contributed by atoms with Crippen LogP contribution in [0.1, 0.15) is 79.1 Å². The first-order chi connectivity index (χ1) is 43.5. The summed E-state index contributed by atoms with van der Waals surface area (Å²) in [7, 11) is 0. The van der Waals surface area contributed by atoms with Crippen LogP contribution in [0.2, 0.25) is 20.1 Å². The molecule has 10 rings (SSSR count). The van der Waals surface area contributed by atoms with Gasteiger partial charge in [0.25, 0.3) is 0 Å². The third kappa shape index (κ3) is 27.7. The standard InChI is InChI=1S/4C16H15ClF2N.2C5H5.2Ti/c4*1-2-3-10-20(14-7-4-12(17)5-8-14)16-9-6-13(18)11-15(16)19;2*1-2-4-5-3-1;;/h4*4-9H,2-3,10H2,1H3;2*1-5H;;/q6*-1;2*+3.